The summed E-state index contributed by atoms with van der Waals surface area (Å²) in [6, 6.07) is -0.191. The molecule has 0 aromatic heterocycles. The lowest BCUT2D eigenvalue weighted by Crippen LogP contribution is -2.46. The first-order valence-corrected chi connectivity index (χ1v) is 8.08. The van der Waals surface area contributed by atoms with Gasteiger partial charge in [-0.1, -0.05) is 0 Å². The maximum Gasteiger partial charge on any atom is 0.234 e. The first-order valence-electron chi connectivity index (χ1n) is 6.26. The summed E-state index contributed by atoms with van der Waals surface area (Å²) < 4.78 is 22.8. The molecule has 1 heterocycles. The van der Waals surface area contributed by atoms with Gasteiger partial charge < -0.3 is 10.6 Å². The highest BCUT2D eigenvalue weighted by atomic mass is 32.2. The molecule has 17 heavy (non-hydrogen) atoms. The lowest BCUT2D eigenvalue weighted by molar-refractivity contribution is -0.120. The third kappa shape index (κ3) is 4.63. The number of sulfone groups is 1. The van der Waals surface area contributed by atoms with Crippen LogP contribution in [-0.4, -0.2) is 45.0 Å². The van der Waals surface area contributed by atoms with Crippen molar-refractivity contribution in [2.75, 3.05) is 24.6 Å². The van der Waals surface area contributed by atoms with Crippen molar-refractivity contribution in [3.05, 3.63) is 0 Å². The maximum absolute atomic E-state index is 11.6. The number of carbonyl (C=O) groups is 1. The summed E-state index contributed by atoms with van der Waals surface area (Å²) in [4.78, 5) is 11.6. The highest BCUT2D eigenvalue weighted by Crippen LogP contribution is 2.27. The average Bonchev–Trinajstić information content (AvgIpc) is 2.99. The molecule has 98 valence electrons. The van der Waals surface area contributed by atoms with Crippen molar-refractivity contribution in [3.63, 3.8) is 0 Å². The number of hydrogen-bond donors (Lipinski definition) is 2. The van der Waals surface area contributed by atoms with E-state index in [0.29, 0.717) is 13.0 Å². The molecule has 0 spiro atoms. The Morgan fingerprint density at radius 1 is 1.24 bits per heavy atom. The van der Waals surface area contributed by atoms with Crippen LogP contribution in [0.1, 0.15) is 25.7 Å². The molecule has 0 aromatic rings. The van der Waals surface area contributed by atoms with E-state index in [1.807, 2.05) is 0 Å². The van der Waals surface area contributed by atoms with Gasteiger partial charge in [0, 0.05) is 6.04 Å². The summed E-state index contributed by atoms with van der Waals surface area (Å²) in [5, 5.41) is 5.88. The maximum atomic E-state index is 11.6. The molecule has 2 rings (SSSR count). The molecule has 2 N–H and O–H groups in total. The molecule has 6 heteroatoms. The van der Waals surface area contributed by atoms with Gasteiger partial charge in [-0.2, -0.15) is 0 Å². The van der Waals surface area contributed by atoms with Crippen LogP contribution in [0.3, 0.4) is 0 Å². The van der Waals surface area contributed by atoms with Gasteiger partial charge in [0.05, 0.1) is 18.1 Å². The Balaban J connectivity index is 1.66. The first-order chi connectivity index (χ1) is 8.05. The van der Waals surface area contributed by atoms with E-state index in [1.165, 1.54) is 12.8 Å². The lowest BCUT2D eigenvalue weighted by atomic mass is 10.2. The van der Waals surface area contributed by atoms with Crippen LogP contribution in [0.5, 0.6) is 0 Å². The van der Waals surface area contributed by atoms with Crippen molar-refractivity contribution in [1.29, 1.82) is 0 Å². The Morgan fingerprint density at radius 3 is 2.65 bits per heavy atom. The molecule has 1 atom stereocenters. The average molecular weight is 260 g/mol. The van der Waals surface area contributed by atoms with Crippen molar-refractivity contribution in [1.82, 2.24) is 10.6 Å². The van der Waals surface area contributed by atoms with Crippen molar-refractivity contribution >= 4 is 15.7 Å². The number of hydrogen-bond acceptors (Lipinski definition) is 4. The van der Waals surface area contributed by atoms with Crippen molar-refractivity contribution < 1.29 is 13.2 Å². The summed E-state index contributed by atoms with van der Waals surface area (Å²) in [6.07, 6.45) is 3.95. The summed E-state index contributed by atoms with van der Waals surface area (Å²) in [5.41, 5.74) is 0. The van der Waals surface area contributed by atoms with Crippen LogP contribution in [-0.2, 0) is 14.6 Å². The van der Waals surface area contributed by atoms with Gasteiger partial charge >= 0.3 is 0 Å². The monoisotopic (exact) mass is 260 g/mol. The molecule has 2 fully saturated rings. The van der Waals surface area contributed by atoms with Crippen LogP contribution >= 0.6 is 0 Å². The molecule has 1 aliphatic heterocycles. The van der Waals surface area contributed by atoms with Gasteiger partial charge in [-0.25, -0.2) is 8.42 Å². The molecule has 2 aliphatic rings. The van der Waals surface area contributed by atoms with E-state index in [2.05, 4.69) is 10.6 Å². The second-order valence-corrected chi connectivity index (χ2v) is 7.32. The Labute approximate surface area is 102 Å². The fourth-order valence-electron chi connectivity index (χ4n) is 2.13. The minimum absolute atomic E-state index is 0.0900. The second kappa shape index (κ2) is 5.35. The van der Waals surface area contributed by atoms with E-state index in [0.717, 1.165) is 18.9 Å². The number of amides is 1. The minimum Gasteiger partial charge on any atom is -0.351 e. The molecule has 1 amide bonds. The van der Waals surface area contributed by atoms with Gasteiger partial charge in [0.2, 0.25) is 5.91 Å². The van der Waals surface area contributed by atoms with Crippen molar-refractivity contribution in [2.45, 2.75) is 31.7 Å². The molecule has 0 aromatic carbocycles. The van der Waals surface area contributed by atoms with Gasteiger partial charge in [-0.15, -0.1) is 0 Å². The third-order valence-corrected chi connectivity index (χ3v) is 5.06. The second-order valence-electron chi connectivity index (χ2n) is 5.10. The molecule has 1 saturated heterocycles. The van der Waals surface area contributed by atoms with Gasteiger partial charge in [0.15, 0.2) is 9.84 Å². The van der Waals surface area contributed by atoms with E-state index in [1.54, 1.807) is 0 Å². The normalized spacial score (nSPS) is 27.6. The van der Waals surface area contributed by atoms with E-state index in [-0.39, 0.29) is 23.5 Å². The summed E-state index contributed by atoms with van der Waals surface area (Å²) in [6.45, 7) is 1.20. The first kappa shape index (κ1) is 12.8. The number of nitrogens with one attached hydrogen (secondary N) is 2. The fourth-order valence-corrected chi connectivity index (χ4v) is 3.76. The number of rotatable bonds is 5. The molecule has 1 saturated carbocycles. The highest BCUT2D eigenvalue weighted by molar-refractivity contribution is 7.91. The summed E-state index contributed by atoms with van der Waals surface area (Å²) in [7, 11) is -2.94. The molecule has 0 bridgehead atoms. The van der Waals surface area contributed by atoms with Crippen LogP contribution in [0.4, 0.5) is 0 Å². The third-order valence-electron chi connectivity index (χ3n) is 3.24. The highest BCUT2D eigenvalue weighted by Gasteiger charge is 2.26. The zero-order valence-electron chi connectivity index (χ0n) is 9.94. The van der Waals surface area contributed by atoms with Crippen LogP contribution in [0.2, 0.25) is 0 Å². The molecule has 0 radical (unpaired) electrons. The van der Waals surface area contributed by atoms with Crippen LogP contribution in [0.15, 0.2) is 0 Å². The van der Waals surface area contributed by atoms with Gasteiger partial charge in [-0.05, 0) is 38.1 Å². The Morgan fingerprint density at radius 2 is 2.00 bits per heavy atom. The fraction of sp³-hybridized carbons (Fsp3) is 0.909. The van der Waals surface area contributed by atoms with E-state index < -0.39 is 9.84 Å². The molecule has 1 aliphatic carbocycles. The topological polar surface area (TPSA) is 75.3 Å². The van der Waals surface area contributed by atoms with Gasteiger partial charge in [0.25, 0.3) is 0 Å². The SMILES string of the molecule is O=C(CNCC1CC1)NC1CCCS(=O)(=O)C1. The largest absolute Gasteiger partial charge is 0.351 e. The molecule has 5 nitrogen and oxygen atoms in total. The minimum atomic E-state index is -2.94. The number of carbonyl (C=O) groups excluding carboxylic acids is 1. The predicted octanol–water partition coefficient (Wildman–Crippen LogP) is -0.321. The van der Waals surface area contributed by atoms with Crippen LogP contribution in [0.25, 0.3) is 0 Å². The Hall–Kier alpha value is -0.620. The van der Waals surface area contributed by atoms with Crippen molar-refractivity contribution in [2.24, 2.45) is 5.92 Å². The van der Waals surface area contributed by atoms with Crippen LogP contribution in [0, 0.1) is 5.92 Å². The molecular formula is C11H20N2O3S. The van der Waals surface area contributed by atoms with E-state index >= 15 is 0 Å². The zero-order chi connectivity index (χ0) is 12.3. The van der Waals surface area contributed by atoms with E-state index in [4.69, 9.17) is 0 Å². The van der Waals surface area contributed by atoms with Crippen LogP contribution < -0.4 is 10.6 Å². The molecular weight excluding hydrogens is 240 g/mol. The van der Waals surface area contributed by atoms with Crippen molar-refractivity contribution in [3.8, 4) is 0 Å². The quantitative estimate of drug-likeness (QED) is 0.710. The predicted molar refractivity (Wildman–Crippen MR) is 65.4 cm³/mol. The summed E-state index contributed by atoms with van der Waals surface area (Å²) >= 11 is 0. The van der Waals surface area contributed by atoms with E-state index in [9.17, 15) is 13.2 Å². The summed E-state index contributed by atoms with van der Waals surface area (Å²) in [5.74, 6) is 1.02. The Bertz CT molecular complexity index is 376. The molecule has 1 unspecified atom stereocenters. The van der Waals surface area contributed by atoms with Gasteiger partial charge in [-0.3, -0.25) is 4.79 Å². The van der Waals surface area contributed by atoms with Gasteiger partial charge in [0.1, 0.15) is 0 Å². The smallest absolute Gasteiger partial charge is 0.234 e. The standard InChI is InChI=1S/C11H20N2O3S/c14-11(7-12-6-9-3-4-9)13-10-2-1-5-17(15,16)8-10/h9-10,12H,1-8H2,(H,13,14). The zero-order valence-corrected chi connectivity index (χ0v) is 10.8. The lowest BCUT2D eigenvalue weighted by Gasteiger charge is -2.23. The Kier molecular flexibility index (Phi) is 4.04.